The second-order valence-corrected chi connectivity index (χ2v) is 5.87. The molecule has 2 atom stereocenters. The van der Waals surface area contributed by atoms with E-state index in [2.05, 4.69) is 10.6 Å². The molecule has 1 heterocycles. The molecular formula is C19H22N2O3. The van der Waals surface area contributed by atoms with Crippen LogP contribution in [-0.4, -0.2) is 36.6 Å². The molecule has 0 bridgehead atoms. The summed E-state index contributed by atoms with van der Waals surface area (Å²) >= 11 is 0. The van der Waals surface area contributed by atoms with Crippen LogP contribution in [0.2, 0.25) is 0 Å². The Labute approximate surface area is 141 Å². The fourth-order valence-corrected chi connectivity index (χ4v) is 2.80. The lowest BCUT2D eigenvalue weighted by molar-refractivity contribution is 0.0948. The molecule has 1 aliphatic rings. The van der Waals surface area contributed by atoms with Crippen molar-refractivity contribution in [3.63, 3.8) is 0 Å². The van der Waals surface area contributed by atoms with Crippen LogP contribution in [0, 0.1) is 0 Å². The van der Waals surface area contributed by atoms with Crippen LogP contribution in [0.5, 0.6) is 5.75 Å². The molecule has 3 rings (SSSR count). The molecule has 0 amide bonds. The van der Waals surface area contributed by atoms with Gasteiger partial charge in [-0.25, -0.2) is 0 Å². The fourth-order valence-electron chi connectivity index (χ4n) is 2.80. The molecular weight excluding hydrogens is 304 g/mol. The van der Waals surface area contributed by atoms with Gasteiger partial charge >= 0.3 is 0 Å². The van der Waals surface area contributed by atoms with Gasteiger partial charge in [-0.05, 0) is 30.7 Å². The summed E-state index contributed by atoms with van der Waals surface area (Å²) in [7, 11) is 0. The van der Waals surface area contributed by atoms with Crippen LogP contribution in [0.1, 0.15) is 28.9 Å². The molecule has 1 aliphatic heterocycles. The highest BCUT2D eigenvalue weighted by atomic mass is 16.5. The van der Waals surface area contributed by atoms with E-state index < -0.39 is 0 Å². The monoisotopic (exact) mass is 326 g/mol. The Morgan fingerprint density at radius 3 is 2.88 bits per heavy atom. The zero-order valence-corrected chi connectivity index (χ0v) is 13.7. The number of ketones is 1. The number of anilines is 1. The quantitative estimate of drug-likeness (QED) is 0.711. The summed E-state index contributed by atoms with van der Waals surface area (Å²) in [5.74, 6) is 0.751. The molecule has 0 saturated carbocycles. The molecule has 2 aromatic rings. The zero-order chi connectivity index (χ0) is 16.9. The average molecular weight is 326 g/mol. The van der Waals surface area contributed by atoms with Gasteiger partial charge in [-0.3, -0.25) is 4.79 Å². The van der Waals surface area contributed by atoms with Crippen molar-refractivity contribution in [3.05, 3.63) is 59.7 Å². The minimum Gasteiger partial charge on any atom is -0.482 e. The number of aliphatic hydroxyl groups excluding tert-OH is 1. The van der Waals surface area contributed by atoms with Crippen LogP contribution in [0.3, 0.4) is 0 Å². The van der Waals surface area contributed by atoms with E-state index >= 15 is 0 Å². The third kappa shape index (κ3) is 3.58. The van der Waals surface area contributed by atoms with Gasteiger partial charge in [0.05, 0.1) is 24.9 Å². The maximum Gasteiger partial charge on any atom is 0.179 e. The molecule has 3 N–H and O–H groups in total. The Bertz CT molecular complexity index is 703. The third-order valence-corrected chi connectivity index (χ3v) is 4.14. The number of hydrogen-bond donors (Lipinski definition) is 3. The Balaban J connectivity index is 1.73. The molecule has 24 heavy (non-hydrogen) atoms. The molecule has 2 aromatic carbocycles. The van der Waals surface area contributed by atoms with Crippen LogP contribution < -0.4 is 15.4 Å². The number of rotatable bonds is 6. The minimum atomic E-state index is -0.336. The molecule has 0 fully saturated rings. The number of aliphatic hydroxyl groups is 1. The van der Waals surface area contributed by atoms with Crippen LogP contribution in [0.4, 0.5) is 5.69 Å². The summed E-state index contributed by atoms with van der Waals surface area (Å²) in [6, 6.07) is 15.2. The predicted molar refractivity (Wildman–Crippen MR) is 93.6 cm³/mol. The van der Waals surface area contributed by atoms with Crippen LogP contribution >= 0.6 is 0 Å². The maximum atomic E-state index is 12.4. The van der Waals surface area contributed by atoms with E-state index in [1.165, 1.54) is 0 Å². The van der Waals surface area contributed by atoms with Gasteiger partial charge in [0.2, 0.25) is 0 Å². The van der Waals surface area contributed by atoms with Gasteiger partial charge in [0, 0.05) is 12.1 Å². The van der Waals surface area contributed by atoms with Crippen molar-refractivity contribution >= 4 is 11.5 Å². The predicted octanol–water partition coefficient (Wildman–Crippen LogP) is 2.39. The van der Waals surface area contributed by atoms with Gasteiger partial charge in [-0.15, -0.1) is 0 Å². The molecule has 2 unspecified atom stereocenters. The third-order valence-electron chi connectivity index (χ3n) is 4.14. The summed E-state index contributed by atoms with van der Waals surface area (Å²) in [5, 5.41) is 15.2. The van der Waals surface area contributed by atoms with Crippen LogP contribution in [0.15, 0.2) is 48.5 Å². The first-order chi connectivity index (χ1) is 11.7. The van der Waals surface area contributed by atoms with E-state index in [0.29, 0.717) is 18.7 Å². The van der Waals surface area contributed by atoms with Gasteiger partial charge in [0.25, 0.3) is 0 Å². The summed E-state index contributed by atoms with van der Waals surface area (Å²) in [4.78, 5) is 12.4. The van der Waals surface area contributed by atoms with Gasteiger partial charge in [0.15, 0.2) is 5.78 Å². The van der Waals surface area contributed by atoms with E-state index in [-0.39, 0.29) is 24.5 Å². The van der Waals surface area contributed by atoms with Gasteiger partial charge in [0.1, 0.15) is 11.9 Å². The van der Waals surface area contributed by atoms with Gasteiger partial charge in [-0.1, -0.05) is 30.3 Å². The smallest absolute Gasteiger partial charge is 0.179 e. The number of carbonyl (C=O) groups excluding carboxylic acids is 1. The Kier molecular flexibility index (Phi) is 5.13. The normalized spacial score (nSPS) is 17.3. The number of fused-ring (bicyclic) bond motifs is 1. The molecule has 0 aromatic heterocycles. The second-order valence-electron chi connectivity index (χ2n) is 5.87. The maximum absolute atomic E-state index is 12.4. The number of ether oxygens (including phenoxy) is 1. The first-order valence-electron chi connectivity index (χ1n) is 8.17. The minimum absolute atomic E-state index is 0.00164. The Morgan fingerprint density at radius 2 is 2.12 bits per heavy atom. The van der Waals surface area contributed by atoms with E-state index in [1.807, 2.05) is 42.5 Å². The molecule has 0 spiro atoms. The summed E-state index contributed by atoms with van der Waals surface area (Å²) in [5.41, 5.74) is 2.58. The number of Topliss-reactive ketones (excluding diaryl/α,β-unsaturated/α-hetero) is 1. The number of benzene rings is 2. The number of carbonyl (C=O) groups is 1. The highest BCUT2D eigenvalue weighted by Crippen LogP contribution is 2.35. The standard InChI is InChI=1S/C19H22N2O3/c1-13(20-9-10-22)19(23)15-7-8-17-16(11-15)21-12-18(24-17)14-5-3-2-4-6-14/h2-8,11,13,18,20-22H,9-10,12H2,1H3. The van der Waals surface area contributed by atoms with Crippen molar-refractivity contribution in [1.29, 1.82) is 0 Å². The molecule has 5 heteroatoms. The zero-order valence-electron chi connectivity index (χ0n) is 13.7. The summed E-state index contributed by atoms with van der Waals surface area (Å²) in [6.07, 6.45) is -0.0367. The first-order valence-corrected chi connectivity index (χ1v) is 8.17. The lowest BCUT2D eigenvalue weighted by atomic mass is 10.0. The van der Waals surface area contributed by atoms with E-state index in [4.69, 9.17) is 9.84 Å². The molecule has 5 nitrogen and oxygen atoms in total. The van der Waals surface area contributed by atoms with Crippen molar-refractivity contribution in [3.8, 4) is 5.75 Å². The highest BCUT2D eigenvalue weighted by molar-refractivity contribution is 6.01. The van der Waals surface area contributed by atoms with Crippen LogP contribution in [-0.2, 0) is 0 Å². The Morgan fingerprint density at radius 1 is 1.33 bits per heavy atom. The lowest BCUT2D eigenvalue weighted by Gasteiger charge is -2.28. The molecule has 0 saturated heterocycles. The van der Waals surface area contributed by atoms with Crippen molar-refractivity contribution < 1.29 is 14.6 Å². The van der Waals surface area contributed by atoms with Gasteiger partial charge in [-0.2, -0.15) is 0 Å². The van der Waals surface area contributed by atoms with Crippen molar-refractivity contribution in [1.82, 2.24) is 5.32 Å². The lowest BCUT2D eigenvalue weighted by Crippen LogP contribution is -2.35. The van der Waals surface area contributed by atoms with Crippen LogP contribution in [0.25, 0.3) is 0 Å². The molecule has 126 valence electrons. The number of nitrogens with one attached hydrogen (secondary N) is 2. The second kappa shape index (κ2) is 7.47. The summed E-state index contributed by atoms with van der Waals surface area (Å²) < 4.78 is 6.06. The largest absolute Gasteiger partial charge is 0.482 e. The Hall–Kier alpha value is -2.37. The van der Waals surface area contributed by atoms with E-state index in [1.54, 1.807) is 13.0 Å². The SMILES string of the molecule is CC(NCCO)C(=O)c1ccc2c(c1)NCC(c1ccccc1)O2. The first kappa shape index (κ1) is 16.5. The van der Waals surface area contributed by atoms with Crippen molar-refractivity contribution in [2.45, 2.75) is 19.1 Å². The van der Waals surface area contributed by atoms with E-state index in [9.17, 15) is 4.79 Å². The molecule has 0 radical (unpaired) electrons. The van der Waals surface area contributed by atoms with Crippen molar-refractivity contribution in [2.24, 2.45) is 0 Å². The summed E-state index contributed by atoms with van der Waals surface area (Å²) in [6.45, 7) is 2.87. The average Bonchev–Trinajstić information content (AvgIpc) is 2.65. The van der Waals surface area contributed by atoms with Crippen molar-refractivity contribution in [2.75, 3.05) is 25.0 Å². The fraction of sp³-hybridized carbons (Fsp3) is 0.316. The number of hydrogen-bond acceptors (Lipinski definition) is 5. The van der Waals surface area contributed by atoms with Gasteiger partial charge < -0.3 is 20.5 Å². The highest BCUT2D eigenvalue weighted by Gasteiger charge is 2.23. The topological polar surface area (TPSA) is 70.6 Å². The van der Waals surface area contributed by atoms with E-state index in [0.717, 1.165) is 17.0 Å². The molecule has 0 aliphatic carbocycles.